The number of ether oxygens (including phenoxy) is 1. The van der Waals surface area contributed by atoms with Crippen LogP contribution in [0.15, 0.2) is 42.5 Å². The zero-order valence-corrected chi connectivity index (χ0v) is 11.0. The Labute approximate surface area is 112 Å². The first-order valence-corrected chi connectivity index (χ1v) is 6.22. The topological polar surface area (TPSA) is 46.5 Å². The maximum Gasteiger partial charge on any atom is 0.339 e. The lowest BCUT2D eigenvalue weighted by atomic mass is 10.1. The van der Waals surface area contributed by atoms with Crippen LogP contribution in [0.5, 0.6) is 11.5 Å². The summed E-state index contributed by atoms with van der Waals surface area (Å²) in [7, 11) is 0. The molecule has 3 nitrogen and oxygen atoms in total. The number of carboxylic acids is 1. The summed E-state index contributed by atoms with van der Waals surface area (Å²) in [6.45, 7) is 3.88. The van der Waals surface area contributed by atoms with Crippen molar-refractivity contribution in [3.05, 3.63) is 59.2 Å². The molecule has 2 aromatic carbocycles. The van der Waals surface area contributed by atoms with Crippen molar-refractivity contribution in [3.8, 4) is 11.5 Å². The van der Waals surface area contributed by atoms with Crippen LogP contribution in [0.3, 0.4) is 0 Å². The molecule has 1 N–H and O–H groups in total. The van der Waals surface area contributed by atoms with Crippen molar-refractivity contribution in [2.24, 2.45) is 0 Å². The normalized spacial score (nSPS) is 10.2. The molecule has 0 aromatic heterocycles. The van der Waals surface area contributed by atoms with E-state index in [2.05, 4.69) is 0 Å². The minimum atomic E-state index is -0.979. The van der Waals surface area contributed by atoms with E-state index in [0.717, 1.165) is 17.5 Å². The Kier molecular flexibility index (Phi) is 3.85. The molecular formula is C16H16O3. The van der Waals surface area contributed by atoms with E-state index in [9.17, 15) is 9.90 Å². The quantitative estimate of drug-likeness (QED) is 0.897. The number of aromatic carboxylic acids is 1. The minimum Gasteiger partial charge on any atom is -0.478 e. The van der Waals surface area contributed by atoms with Gasteiger partial charge in [0.1, 0.15) is 17.1 Å². The van der Waals surface area contributed by atoms with Crippen LogP contribution in [-0.4, -0.2) is 11.1 Å². The van der Waals surface area contributed by atoms with Gasteiger partial charge < -0.3 is 9.84 Å². The monoisotopic (exact) mass is 256 g/mol. The van der Waals surface area contributed by atoms with Crippen molar-refractivity contribution >= 4 is 5.97 Å². The van der Waals surface area contributed by atoms with E-state index in [4.69, 9.17) is 4.74 Å². The van der Waals surface area contributed by atoms with Crippen LogP contribution in [0.1, 0.15) is 28.4 Å². The Bertz CT molecular complexity index is 603. The summed E-state index contributed by atoms with van der Waals surface area (Å²) in [6.07, 6.45) is 0.838. The lowest BCUT2D eigenvalue weighted by Gasteiger charge is -2.14. The molecule has 0 aliphatic rings. The lowest BCUT2D eigenvalue weighted by molar-refractivity contribution is 0.0694. The zero-order chi connectivity index (χ0) is 13.8. The molecule has 98 valence electrons. The van der Waals surface area contributed by atoms with E-state index < -0.39 is 5.97 Å². The zero-order valence-electron chi connectivity index (χ0n) is 11.0. The molecule has 0 unspecified atom stereocenters. The minimum absolute atomic E-state index is 0.186. The van der Waals surface area contributed by atoms with Gasteiger partial charge in [-0.25, -0.2) is 4.79 Å². The smallest absolute Gasteiger partial charge is 0.339 e. The number of carboxylic acid groups (broad SMARTS) is 1. The summed E-state index contributed by atoms with van der Waals surface area (Å²) in [6, 6.07) is 12.8. The molecule has 0 amide bonds. The van der Waals surface area contributed by atoms with Crippen LogP contribution in [0.25, 0.3) is 0 Å². The van der Waals surface area contributed by atoms with Gasteiger partial charge in [0.2, 0.25) is 0 Å². The lowest BCUT2D eigenvalue weighted by Crippen LogP contribution is -2.02. The molecule has 0 saturated heterocycles. The summed E-state index contributed by atoms with van der Waals surface area (Å²) >= 11 is 0. The van der Waals surface area contributed by atoms with Crippen LogP contribution in [0, 0.1) is 6.92 Å². The van der Waals surface area contributed by atoms with Crippen LogP contribution in [0.2, 0.25) is 0 Å². The molecule has 0 radical (unpaired) electrons. The molecule has 2 rings (SSSR count). The van der Waals surface area contributed by atoms with E-state index in [0.29, 0.717) is 11.5 Å². The van der Waals surface area contributed by atoms with Gasteiger partial charge in [-0.15, -0.1) is 0 Å². The molecule has 0 fully saturated rings. The van der Waals surface area contributed by atoms with Gasteiger partial charge in [-0.05, 0) is 36.6 Å². The van der Waals surface area contributed by atoms with Gasteiger partial charge in [0, 0.05) is 0 Å². The summed E-state index contributed by atoms with van der Waals surface area (Å²) < 4.78 is 5.84. The summed E-state index contributed by atoms with van der Waals surface area (Å²) in [5.74, 6) is 0.144. The Morgan fingerprint density at radius 2 is 1.89 bits per heavy atom. The number of carbonyl (C=O) groups is 1. The van der Waals surface area contributed by atoms with Crippen LogP contribution >= 0.6 is 0 Å². The fourth-order valence-electron chi connectivity index (χ4n) is 1.96. The van der Waals surface area contributed by atoms with Gasteiger partial charge in [-0.3, -0.25) is 0 Å². The third kappa shape index (κ3) is 2.76. The van der Waals surface area contributed by atoms with Gasteiger partial charge in [-0.2, -0.15) is 0 Å². The largest absolute Gasteiger partial charge is 0.478 e. The molecule has 0 atom stereocenters. The highest BCUT2D eigenvalue weighted by Crippen LogP contribution is 2.31. The summed E-state index contributed by atoms with van der Waals surface area (Å²) in [5, 5.41) is 9.21. The van der Waals surface area contributed by atoms with Crippen molar-refractivity contribution in [3.63, 3.8) is 0 Å². The molecule has 0 spiro atoms. The van der Waals surface area contributed by atoms with E-state index >= 15 is 0 Å². The molecule has 3 heteroatoms. The van der Waals surface area contributed by atoms with E-state index in [-0.39, 0.29) is 5.56 Å². The Hall–Kier alpha value is -2.29. The molecule has 2 aromatic rings. The summed E-state index contributed by atoms with van der Waals surface area (Å²) in [5.41, 5.74) is 2.05. The number of rotatable bonds is 4. The SMILES string of the molecule is CCc1ccccc1Oc1c(C)cccc1C(=O)O. The standard InChI is InChI=1S/C16H16O3/c1-3-12-8-4-5-10-14(12)19-15-11(2)7-6-9-13(15)16(17)18/h4-10H,3H2,1-2H3,(H,17,18). The van der Waals surface area contributed by atoms with E-state index in [1.165, 1.54) is 0 Å². The summed E-state index contributed by atoms with van der Waals surface area (Å²) in [4.78, 5) is 11.2. The average molecular weight is 256 g/mol. The van der Waals surface area contributed by atoms with Crippen molar-refractivity contribution in [1.29, 1.82) is 0 Å². The maximum absolute atomic E-state index is 11.2. The highest BCUT2D eigenvalue weighted by atomic mass is 16.5. The third-order valence-corrected chi connectivity index (χ3v) is 3.01. The molecule has 0 aliphatic carbocycles. The second kappa shape index (κ2) is 5.57. The van der Waals surface area contributed by atoms with Gasteiger partial charge >= 0.3 is 5.97 Å². The molecule has 0 saturated carbocycles. The molecule has 0 heterocycles. The van der Waals surface area contributed by atoms with Gasteiger partial charge in [-0.1, -0.05) is 37.3 Å². The number of para-hydroxylation sites is 2. The van der Waals surface area contributed by atoms with Gasteiger partial charge in [0.05, 0.1) is 0 Å². The van der Waals surface area contributed by atoms with Crippen LogP contribution in [0.4, 0.5) is 0 Å². The number of aryl methyl sites for hydroxylation is 2. The van der Waals surface area contributed by atoms with Crippen molar-refractivity contribution in [2.45, 2.75) is 20.3 Å². The van der Waals surface area contributed by atoms with E-state index in [1.807, 2.05) is 44.2 Å². The Morgan fingerprint density at radius 1 is 1.16 bits per heavy atom. The second-order valence-corrected chi connectivity index (χ2v) is 4.32. The fraction of sp³-hybridized carbons (Fsp3) is 0.188. The Morgan fingerprint density at radius 3 is 2.58 bits per heavy atom. The van der Waals surface area contributed by atoms with Gasteiger partial charge in [0.25, 0.3) is 0 Å². The number of hydrogen-bond acceptors (Lipinski definition) is 2. The van der Waals surface area contributed by atoms with E-state index in [1.54, 1.807) is 12.1 Å². The highest BCUT2D eigenvalue weighted by molar-refractivity contribution is 5.91. The maximum atomic E-state index is 11.2. The van der Waals surface area contributed by atoms with Crippen molar-refractivity contribution < 1.29 is 14.6 Å². The number of hydrogen-bond donors (Lipinski definition) is 1. The third-order valence-electron chi connectivity index (χ3n) is 3.01. The molecule has 19 heavy (non-hydrogen) atoms. The highest BCUT2D eigenvalue weighted by Gasteiger charge is 2.15. The van der Waals surface area contributed by atoms with Crippen molar-refractivity contribution in [2.75, 3.05) is 0 Å². The average Bonchev–Trinajstić information content (AvgIpc) is 2.41. The molecule has 0 bridgehead atoms. The van der Waals surface area contributed by atoms with Crippen LogP contribution in [-0.2, 0) is 6.42 Å². The molecular weight excluding hydrogens is 240 g/mol. The molecule has 0 aliphatic heterocycles. The predicted molar refractivity (Wildman–Crippen MR) is 74.0 cm³/mol. The van der Waals surface area contributed by atoms with Crippen molar-refractivity contribution in [1.82, 2.24) is 0 Å². The predicted octanol–water partition coefficient (Wildman–Crippen LogP) is 4.05. The fourth-order valence-corrected chi connectivity index (χ4v) is 1.96. The van der Waals surface area contributed by atoms with Gasteiger partial charge in [0.15, 0.2) is 0 Å². The number of benzene rings is 2. The first-order chi connectivity index (χ1) is 9.13. The second-order valence-electron chi connectivity index (χ2n) is 4.32. The first kappa shape index (κ1) is 13.1. The Balaban J connectivity index is 2.46. The first-order valence-electron chi connectivity index (χ1n) is 6.22. The van der Waals surface area contributed by atoms with Crippen LogP contribution < -0.4 is 4.74 Å².